The number of aromatic hydroxyl groups is 1. The number of nitrogens with one attached hydrogen (secondary N) is 3. The number of aliphatic imine (C=N–C) groups is 1. The number of benzene rings is 1. The summed E-state index contributed by atoms with van der Waals surface area (Å²) in [7, 11) is 1.48. The number of carbonyl (C=O) groups excluding carboxylic acids is 2. The lowest BCUT2D eigenvalue weighted by Gasteiger charge is -2.14. The number of H-pyrrole nitrogens is 1. The molecule has 2 aromatic rings. The summed E-state index contributed by atoms with van der Waals surface area (Å²) in [5.74, 6) is 0.755. The van der Waals surface area contributed by atoms with Crippen molar-refractivity contribution < 1.29 is 28.9 Å². The predicted octanol–water partition coefficient (Wildman–Crippen LogP) is 4.13. The average Bonchev–Trinajstić information content (AvgIpc) is 3.50. The first-order valence-corrected chi connectivity index (χ1v) is 12.6. The van der Waals surface area contributed by atoms with Gasteiger partial charge in [0.2, 0.25) is 0 Å². The first-order chi connectivity index (χ1) is 17.8. The van der Waals surface area contributed by atoms with E-state index in [1.165, 1.54) is 13.2 Å². The number of nitrogens with zero attached hydrogens (tertiary/aromatic N) is 2. The molecule has 3 rings (SSSR count). The van der Waals surface area contributed by atoms with E-state index in [2.05, 4.69) is 32.7 Å². The number of alkyl carbamates (subject to hydrolysis) is 1. The zero-order chi connectivity index (χ0) is 26.8. The summed E-state index contributed by atoms with van der Waals surface area (Å²) in [6.45, 7) is 6.17. The van der Waals surface area contributed by atoms with Crippen LogP contribution < -0.4 is 20.1 Å². The standard InChI is InChI=1S/C26H37N5O6/c1-5-6-9-27-14-20-22(32)11-19(35-4)12-23(20)36-15-25(33)29-24-13-21(30-31-24)17-7-8-18(10-17)37-26(34)28-16(2)3/h11-14,16-18,32H,5-10,15H2,1-4H3,(H,28,34)(H2,29,30,31,33)/t17-,18+/m0/s1. The van der Waals surface area contributed by atoms with Gasteiger partial charge in [0.05, 0.1) is 12.7 Å². The van der Waals surface area contributed by atoms with Gasteiger partial charge in [-0.15, -0.1) is 0 Å². The molecule has 1 fully saturated rings. The topological polar surface area (TPSA) is 147 Å². The van der Waals surface area contributed by atoms with Crippen LogP contribution in [0.4, 0.5) is 10.6 Å². The maximum Gasteiger partial charge on any atom is 0.407 e. The Kier molecular flexibility index (Phi) is 10.2. The predicted molar refractivity (Wildman–Crippen MR) is 140 cm³/mol. The highest BCUT2D eigenvalue weighted by atomic mass is 16.6. The van der Waals surface area contributed by atoms with Gasteiger partial charge < -0.3 is 30.0 Å². The van der Waals surface area contributed by atoms with E-state index in [0.717, 1.165) is 31.4 Å². The summed E-state index contributed by atoms with van der Waals surface area (Å²) in [6.07, 6.45) is 5.22. The Morgan fingerprint density at radius 3 is 2.84 bits per heavy atom. The summed E-state index contributed by atoms with van der Waals surface area (Å²) >= 11 is 0. The van der Waals surface area contributed by atoms with Gasteiger partial charge in [-0.2, -0.15) is 5.10 Å². The number of phenols is 1. The number of phenolic OH excluding ortho intramolecular Hbond substituents is 1. The van der Waals surface area contributed by atoms with Crippen molar-refractivity contribution in [2.45, 2.75) is 70.9 Å². The van der Waals surface area contributed by atoms with Gasteiger partial charge in [0.15, 0.2) is 12.4 Å². The van der Waals surface area contributed by atoms with Gasteiger partial charge in [-0.3, -0.25) is 14.9 Å². The number of rotatable bonds is 12. The second-order valence-electron chi connectivity index (χ2n) is 9.33. The third kappa shape index (κ3) is 8.40. The molecule has 1 saturated carbocycles. The van der Waals surface area contributed by atoms with Crippen LogP contribution in [0.3, 0.4) is 0 Å². The lowest BCUT2D eigenvalue weighted by Crippen LogP contribution is -2.33. The van der Waals surface area contributed by atoms with Crippen LogP contribution in [0.5, 0.6) is 17.2 Å². The fourth-order valence-electron chi connectivity index (χ4n) is 4.04. The summed E-state index contributed by atoms with van der Waals surface area (Å²) < 4.78 is 16.4. The Bertz CT molecular complexity index is 1080. The van der Waals surface area contributed by atoms with Crippen LogP contribution in [-0.4, -0.2) is 65.9 Å². The number of unbranched alkanes of at least 4 members (excludes halogenated alkanes) is 1. The molecule has 0 aliphatic heterocycles. The van der Waals surface area contributed by atoms with Crippen LogP contribution in [0.2, 0.25) is 0 Å². The zero-order valence-electron chi connectivity index (χ0n) is 21.9. The summed E-state index contributed by atoms with van der Waals surface area (Å²) in [5, 5.41) is 23.0. The highest BCUT2D eigenvalue weighted by Gasteiger charge is 2.30. The first-order valence-electron chi connectivity index (χ1n) is 12.6. The SMILES string of the molecule is CCCCN=Cc1c(O)cc(OC)cc1OCC(=O)Nc1cc([C@H]2CC[C@@H](OC(=O)NC(C)C)C2)[nH]n1. The molecule has 11 heteroatoms. The number of anilines is 1. The Balaban J connectivity index is 1.55. The second kappa shape index (κ2) is 13.5. The molecule has 1 aromatic carbocycles. The highest BCUT2D eigenvalue weighted by Crippen LogP contribution is 2.36. The van der Waals surface area contributed by atoms with Crippen LogP contribution in [0.1, 0.15) is 70.1 Å². The third-order valence-corrected chi connectivity index (χ3v) is 5.92. The number of methoxy groups -OCH3 is 1. The van der Waals surface area contributed by atoms with E-state index in [0.29, 0.717) is 30.1 Å². The zero-order valence-corrected chi connectivity index (χ0v) is 21.9. The number of amides is 2. The van der Waals surface area contributed by atoms with E-state index in [4.69, 9.17) is 14.2 Å². The minimum Gasteiger partial charge on any atom is -0.507 e. The molecule has 11 nitrogen and oxygen atoms in total. The summed E-state index contributed by atoms with van der Waals surface area (Å²) in [4.78, 5) is 28.7. The van der Waals surface area contributed by atoms with Gasteiger partial charge in [-0.25, -0.2) is 4.79 Å². The van der Waals surface area contributed by atoms with E-state index < -0.39 is 12.0 Å². The summed E-state index contributed by atoms with van der Waals surface area (Å²) in [6, 6.07) is 4.87. The van der Waals surface area contributed by atoms with E-state index in [9.17, 15) is 14.7 Å². The number of hydrogen-bond acceptors (Lipinski definition) is 8. The van der Waals surface area contributed by atoms with Crippen LogP contribution in [0.15, 0.2) is 23.2 Å². The van der Waals surface area contributed by atoms with Gasteiger partial charge in [-0.05, 0) is 39.5 Å². The summed E-state index contributed by atoms with van der Waals surface area (Å²) in [5.41, 5.74) is 1.25. The normalized spacial score (nSPS) is 17.2. The number of aromatic amines is 1. The molecule has 1 aliphatic rings. The number of aromatic nitrogens is 2. The number of carbonyl (C=O) groups is 2. The van der Waals surface area contributed by atoms with Crippen molar-refractivity contribution in [2.75, 3.05) is 25.6 Å². The van der Waals surface area contributed by atoms with Crippen LogP contribution in [0.25, 0.3) is 0 Å². The van der Waals surface area contributed by atoms with Crippen molar-refractivity contribution in [1.29, 1.82) is 0 Å². The largest absolute Gasteiger partial charge is 0.507 e. The van der Waals surface area contributed by atoms with Crippen molar-refractivity contribution >= 4 is 24.0 Å². The molecule has 1 aliphatic carbocycles. The van der Waals surface area contributed by atoms with Crippen molar-refractivity contribution in [1.82, 2.24) is 15.5 Å². The Hall–Kier alpha value is -3.76. The minimum atomic E-state index is -0.410. The Labute approximate surface area is 217 Å². The van der Waals surface area contributed by atoms with E-state index >= 15 is 0 Å². The lowest BCUT2D eigenvalue weighted by molar-refractivity contribution is -0.118. The first kappa shape index (κ1) is 27.8. The molecule has 1 aromatic heterocycles. The fourth-order valence-corrected chi connectivity index (χ4v) is 4.04. The molecule has 0 unspecified atom stereocenters. The maximum absolute atomic E-state index is 12.5. The van der Waals surface area contributed by atoms with Crippen molar-refractivity contribution in [3.8, 4) is 17.2 Å². The molecular weight excluding hydrogens is 478 g/mol. The van der Waals surface area contributed by atoms with Crippen LogP contribution >= 0.6 is 0 Å². The van der Waals surface area contributed by atoms with E-state index in [1.54, 1.807) is 18.3 Å². The quantitative estimate of drug-likeness (QED) is 0.245. The molecule has 2 atom stereocenters. The van der Waals surface area contributed by atoms with Crippen molar-refractivity contribution in [3.63, 3.8) is 0 Å². The fraction of sp³-hybridized carbons (Fsp3) is 0.538. The van der Waals surface area contributed by atoms with Crippen LogP contribution in [0, 0.1) is 0 Å². The second-order valence-corrected chi connectivity index (χ2v) is 9.33. The van der Waals surface area contributed by atoms with Gasteiger partial charge in [-0.1, -0.05) is 13.3 Å². The molecule has 1 heterocycles. The van der Waals surface area contributed by atoms with Gasteiger partial charge in [0.25, 0.3) is 5.91 Å². The van der Waals surface area contributed by atoms with Gasteiger partial charge >= 0.3 is 6.09 Å². The van der Waals surface area contributed by atoms with Gasteiger partial charge in [0.1, 0.15) is 23.4 Å². The lowest BCUT2D eigenvalue weighted by atomic mass is 10.0. The van der Waals surface area contributed by atoms with Crippen molar-refractivity contribution in [2.24, 2.45) is 4.99 Å². The molecule has 0 saturated heterocycles. The molecule has 0 spiro atoms. The Morgan fingerprint density at radius 1 is 1.30 bits per heavy atom. The molecule has 4 N–H and O–H groups in total. The number of ether oxygens (including phenoxy) is 3. The number of hydrogen-bond donors (Lipinski definition) is 4. The van der Waals surface area contributed by atoms with Crippen LogP contribution in [-0.2, 0) is 9.53 Å². The molecule has 0 radical (unpaired) electrons. The van der Waals surface area contributed by atoms with E-state index in [1.807, 2.05) is 13.8 Å². The Morgan fingerprint density at radius 2 is 2.11 bits per heavy atom. The smallest absolute Gasteiger partial charge is 0.407 e. The van der Waals surface area contributed by atoms with E-state index in [-0.39, 0.29) is 36.2 Å². The molecule has 2 amide bonds. The molecule has 37 heavy (non-hydrogen) atoms. The average molecular weight is 516 g/mol. The maximum atomic E-state index is 12.5. The van der Waals surface area contributed by atoms with Crippen molar-refractivity contribution in [3.05, 3.63) is 29.5 Å². The molecular formula is C26H37N5O6. The minimum absolute atomic E-state index is 0.0209. The highest BCUT2D eigenvalue weighted by molar-refractivity contribution is 5.92. The third-order valence-electron chi connectivity index (χ3n) is 5.92. The monoisotopic (exact) mass is 515 g/mol. The molecule has 0 bridgehead atoms. The van der Waals surface area contributed by atoms with Gasteiger partial charge in [0, 0.05) is 48.6 Å². The molecule has 202 valence electrons.